The number of thiophene rings is 1. The van der Waals surface area contributed by atoms with Crippen LogP contribution in [0.3, 0.4) is 0 Å². The lowest BCUT2D eigenvalue weighted by Gasteiger charge is -2.30. The predicted octanol–water partition coefficient (Wildman–Crippen LogP) is 5.68. The number of anilines is 2. The number of nitrogens with two attached hydrogens (primary N) is 1. The van der Waals surface area contributed by atoms with Crippen molar-refractivity contribution in [1.82, 2.24) is 0 Å². The molecule has 12 heteroatoms. The molecule has 1 aromatic heterocycles. The van der Waals surface area contributed by atoms with Crippen molar-refractivity contribution < 1.29 is 38.4 Å². The van der Waals surface area contributed by atoms with Gasteiger partial charge in [0.05, 0.1) is 24.6 Å². The molecule has 10 nitrogen and oxygen atoms in total. The van der Waals surface area contributed by atoms with E-state index in [0.717, 1.165) is 10.4 Å². The standard InChI is InChI=1S/C24H27N2O8PS/c1-4-31-33-35(30,34-32-5-2)24(3,23(28)29)18-11-8-16(9-12-18)22(27)26-20-15-17(10-13-19(20)25)21-7-6-14-36-21/h6-15H,4-5,25H2,1-3H3,(H,26,27)(H,28,29). The highest BCUT2D eigenvalue weighted by molar-refractivity contribution is 7.56. The number of carbonyl (C=O) groups excluding carboxylic acids is 1. The third-order valence-electron chi connectivity index (χ3n) is 5.32. The molecular weight excluding hydrogens is 507 g/mol. The van der Waals surface area contributed by atoms with Crippen molar-refractivity contribution in [3.63, 3.8) is 0 Å². The van der Waals surface area contributed by atoms with Crippen LogP contribution in [0.4, 0.5) is 11.4 Å². The Hall–Kier alpha value is -3.05. The van der Waals surface area contributed by atoms with Crippen LogP contribution in [-0.2, 0) is 33.6 Å². The summed E-state index contributed by atoms with van der Waals surface area (Å²) >= 11 is 1.56. The van der Waals surface area contributed by atoms with Gasteiger partial charge in [0, 0.05) is 10.4 Å². The lowest BCUT2D eigenvalue weighted by Crippen LogP contribution is -2.34. The number of hydrogen-bond acceptors (Lipinski definition) is 9. The molecule has 1 atom stereocenters. The van der Waals surface area contributed by atoms with Crippen LogP contribution >= 0.6 is 18.9 Å². The number of aliphatic carboxylic acids is 1. The van der Waals surface area contributed by atoms with E-state index in [-0.39, 0.29) is 24.3 Å². The van der Waals surface area contributed by atoms with Crippen molar-refractivity contribution in [2.75, 3.05) is 24.3 Å². The minimum atomic E-state index is -4.54. The lowest BCUT2D eigenvalue weighted by molar-refractivity contribution is -0.266. The zero-order valence-corrected chi connectivity index (χ0v) is 21.6. The molecule has 3 aromatic rings. The lowest BCUT2D eigenvalue weighted by atomic mass is 9.98. The molecule has 0 spiro atoms. The number of hydrogen-bond donors (Lipinski definition) is 3. The molecule has 192 valence electrons. The fourth-order valence-corrected chi connectivity index (χ4v) is 5.44. The van der Waals surface area contributed by atoms with E-state index in [2.05, 4.69) is 5.32 Å². The second-order valence-corrected chi connectivity index (χ2v) is 10.8. The first-order chi connectivity index (χ1) is 17.2. The quantitative estimate of drug-likeness (QED) is 0.116. The van der Waals surface area contributed by atoms with Gasteiger partial charge in [-0.15, -0.1) is 20.7 Å². The average molecular weight is 535 g/mol. The maximum Gasteiger partial charge on any atom is 0.405 e. The maximum absolute atomic E-state index is 13.5. The van der Waals surface area contributed by atoms with Gasteiger partial charge in [0.25, 0.3) is 5.91 Å². The molecule has 0 bridgehead atoms. The smallest absolute Gasteiger partial charge is 0.405 e. The number of carboxylic acid groups (broad SMARTS) is 1. The Balaban J connectivity index is 1.88. The topological polar surface area (TPSA) is 146 Å². The Morgan fingerprint density at radius 2 is 1.69 bits per heavy atom. The van der Waals surface area contributed by atoms with E-state index in [1.54, 1.807) is 37.3 Å². The van der Waals surface area contributed by atoms with E-state index < -0.39 is 24.6 Å². The summed E-state index contributed by atoms with van der Waals surface area (Å²) in [7, 11) is -4.54. The molecule has 1 heterocycles. The van der Waals surface area contributed by atoms with Crippen molar-refractivity contribution in [3.8, 4) is 10.4 Å². The van der Waals surface area contributed by atoms with Gasteiger partial charge in [-0.05, 0) is 67.6 Å². The number of carboxylic acids is 1. The number of nitrogens with one attached hydrogen (secondary N) is 1. The predicted molar refractivity (Wildman–Crippen MR) is 137 cm³/mol. The molecule has 36 heavy (non-hydrogen) atoms. The number of rotatable bonds is 12. The molecule has 0 aliphatic heterocycles. The summed E-state index contributed by atoms with van der Waals surface area (Å²) in [6.07, 6.45) is 0. The minimum Gasteiger partial charge on any atom is -0.480 e. The van der Waals surface area contributed by atoms with E-state index >= 15 is 0 Å². The summed E-state index contributed by atoms with van der Waals surface area (Å²) in [6.45, 7) is 4.29. The largest absolute Gasteiger partial charge is 0.480 e. The molecule has 0 saturated heterocycles. The third kappa shape index (κ3) is 5.67. The van der Waals surface area contributed by atoms with Gasteiger partial charge in [-0.3, -0.25) is 14.2 Å². The summed E-state index contributed by atoms with van der Waals surface area (Å²) in [4.78, 5) is 35.8. The van der Waals surface area contributed by atoms with Crippen LogP contribution in [0.2, 0.25) is 0 Å². The summed E-state index contributed by atoms with van der Waals surface area (Å²) in [5.41, 5.74) is 8.05. The van der Waals surface area contributed by atoms with Gasteiger partial charge in [0.1, 0.15) is 0 Å². The zero-order valence-electron chi connectivity index (χ0n) is 19.9. The van der Waals surface area contributed by atoms with Gasteiger partial charge in [0.15, 0.2) is 5.16 Å². The van der Waals surface area contributed by atoms with Crippen LogP contribution in [0.15, 0.2) is 60.0 Å². The first kappa shape index (κ1) is 27.5. The van der Waals surface area contributed by atoms with Crippen LogP contribution in [0, 0.1) is 0 Å². The fraction of sp³-hybridized carbons (Fsp3) is 0.250. The average Bonchev–Trinajstić information content (AvgIpc) is 3.42. The molecule has 0 aliphatic carbocycles. The van der Waals surface area contributed by atoms with Crippen molar-refractivity contribution in [1.29, 1.82) is 0 Å². The van der Waals surface area contributed by atoms with Crippen molar-refractivity contribution in [3.05, 3.63) is 71.1 Å². The van der Waals surface area contributed by atoms with Gasteiger partial charge < -0.3 is 16.2 Å². The van der Waals surface area contributed by atoms with E-state index in [1.807, 2.05) is 23.6 Å². The molecule has 0 radical (unpaired) electrons. The molecule has 1 amide bonds. The Morgan fingerprint density at radius 1 is 1.06 bits per heavy atom. The molecule has 0 saturated carbocycles. The third-order valence-corrected chi connectivity index (χ3v) is 8.39. The number of benzene rings is 2. The maximum atomic E-state index is 13.5. The Labute approximate surface area is 212 Å². The van der Waals surface area contributed by atoms with Gasteiger partial charge in [-0.25, -0.2) is 9.78 Å². The van der Waals surface area contributed by atoms with E-state index in [4.69, 9.17) is 24.9 Å². The van der Waals surface area contributed by atoms with Gasteiger partial charge in [-0.2, -0.15) is 0 Å². The number of amides is 1. The van der Waals surface area contributed by atoms with Crippen LogP contribution in [0.25, 0.3) is 10.4 Å². The van der Waals surface area contributed by atoms with Crippen molar-refractivity contribution in [2.45, 2.75) is 25.9 Å². The SMILES string of the molecule is CCOOP(=O)(OOCC)C(C)(C(=O)O)c1ccc(C(=O)Nc2cc(-c3cccs3)ccc2N)cc1. The minimum absolute atomic E-state index is 0.00883. The van der Waals surface area contributed by atoms with Gasteiger partial charge in [0.2, 0.25) is 0 Å². The first-order valence-electron chi connectivity index (χ1n) is 11.0. The Bertz CT molecular complexity index is 1240. The van der Waals surface area contributed by atoms with E-state index in [0.29, 0.717) is 11.4 Å². The fourth-order valence-electron chi connectivity index (χ4n) is 3.21. The highest BCUT2D eigenvalue weighted by Crippen LogP contribution is 2.65. The normalized spacial score (nSPS) is 13.2. The van der Waals surface area contributed by atoms with Crippen LogP contribution < -0.4 is 11.1 Å². The summed E-state index contributed by atoms with van der Waals surface area (Å²) in [6, 6.07) is 14.8. The second-order valence-electron chi connectivity index (χ2n) is 7.65. The number of carbonyl (C=O) groups is 2. The summed E-state index contributed by atoms with van der Waals surface area (Å²) in [5.74, 6) is -1.96. The molecule has 3 rings (SSSR count). The highest BCUT2D eigenvalue weighted by atomic mass is 32.1. The van der Waals surface area contributed by atoms with Gasteiger partial charge in [-0.1, -0.05) is 24.3 Å². The molecule has 0 aliphatic rings. The van der Waals surface area contributed by atoms with Crippen molar-refractivity contribution in [2.24, 2.45) is 0 Å². The highest BCUT2D eigenvalue weighted by Gasteiger charge is 2.57. The van der Waals surface area contributed by atoms with E-state index in [1.165, 1.54) is 31.2 Å². The van der Waals surface area contributed by atoms with E-state index in [9.17, 15) is 19.3 Å². The van der Waals surface area contributed by atoms with Crippen LogP contribution in [0.5, 0.6) is 0 Å². The number of nitrogen functional groups attached to an aromatic ring is 1. The molecule has 2 aromatic carbocycles. The molecule has 4 N–H and O–H groups in total. The van der Waals surface area contributed by atoms with Gasteiger partial charge >= 0.3 is 13.6 Å². The molecule has 1 unspecified atom stereocenters. The van der Waals surface area contributed by atoms with Crippen LogP contribution in [0.1, 0.15) is 36.7 Å². The second kappa shape index (κ2) is 11.8. The first-order valence-corrected chi connectivity index (χ1v) is 13.4. The van der Waals surface area contributed by atoms with Crippen molar-refractivity contribution >= 4 is 42.2 Å². The molecular formula is C24H27N2O8PS. The summed E-state index contributed by atoms with van der Waals surface area (Å²) in [5, 5.41) is 12.5. The molecule has 0 fully saturated rings. The summed E-state index contributed by atoms with van der Waals surface area (Å²) < 4.78 is 23.3. The zero-order chi connectivity index (χ0) is 26.3. The monoisotopic (exact) mass is 534 g/mol. The Morgan fingerprint density at radius 3 is 2.22 bits per heavy atom. The Kier molecular flexibility index (Phi) is 9.02. The van der Waals surface area contributed by atoms with Crippen LogP contribution in [-0.4, -0.2) is 30.2 Å².